The van der Waals surface area contributed by atoms with E-state index in [2.05, 4.69) is 15.4 Å². The van der Waals surface area contributed by atoms with Crippen LogP contribution in [-0.2, 0) is 6.54 Å². The van der Waals surface area contributed by atoms with Gasteiger partial charge in [0.25, 0.3) is 0 Å². The highest BCUT2D eigenvalue weighted by Gasteiger charge is 2.15. The predicted molar refractivity (Wildman–Crippen MR) is 115 cm³/mol. The third-order valence-electron chi connectivity index (χ3n) is 5.14. The third kappa shape index (κ3) is 3.66. The number of methoxy groups -OCH3 is 2. The summed E-state index contributed by atoms with van der Waals surface area (Å²) in [7, 11) is 3.26. The second-order valence-corrected chi connectivity index (χ2v) is 7.01. The van der Waals surface area contributed by atoms with Crippen LogP contribution in [0.25, 0.3) is 16.9 Å². The molecular weight excluding hydrogens is 383 g/mol. The summed E-state index contributed by atoms with van der Waals surface area (Å²) < 4.78 is 26.2. The summed E-state index contributed by atoms with van der Waals surface area (Å²) >= 11 is 0. The molecule has 0 atom stereocenters. The van der Waals surface area contributed by atoms with Crippen molar-refractivity contribution in [2.75, 3.05) is 19.5 Å². The molecular formula is C23H23FN4O2. The molecule has 0 aliphatic rings. The molecule has 4 rings (SSSR count). The van der Waals surface area contributed by atoms with Crippen molar-refractivity contribution in [2.24, 2.45) is 0 Å². The van der Waals surface area contributed by atoms with Crippen LogP contribution in [0.5, 0.6) is 11.5 Å². The van der Waals surface area contributed by atoms with Crippen molar-refractivity contribution in [1.82, 2.24) is 14.6 Å². The van der Waals surface area contributed by atoms with Gasteiger partial charge in [-0.1, -0.05) is 12.1 Å². The number of rotatable bonds is 6. The average molecular weight is 406 g/mol. The molecule has 0 bridgehead atoms. The lowest BCUT2D eigenvalue weighted by Crippen LogP contribution is -2.10. The molecule has 1 N–H and O–H groups in total. The molecule has 2 heterocycles. The summed E-state index contributed by atoms with van der Waals surface area (Å²) in [4.78, 5) is 4.64. The van der Waals surface area contributed by atoms with Crippen LogP contribution in [0.2, 0.25) is 0 Å². The number of nitrogens with one attached hydrogen (secondary N) is 1. The SMILES string of the molecule is COc1ccc(CNc2c(C)c(C)nc3cc(-c4cccc(F)c4)nn23)c(OC)c1. The number of aryl methyl sites for hydroxylation is 1. The van der Waals surface area contributed by atoms with E-state index in [4.69, 9.17) is 9.47 Å². The van der Waals surface area contributed by atoms with E-state index in [1.54, 1.807) is 24.8 Å². The highest BCUT2D eigenvalue weighted by molar-refractivity contribution is 5.67. The van der Waals surface area contributed by atoms with Crippen molar-refractivity contribution in [1.29, 1.82) is 0 Å². The molecule has 0 spiro atoms. The standard InChI is InChI=1S/C23H23FN4O2/c1-14-15(2)26-22-12-20(16-6-5-7-18(24)10-16)27-28(22)23(14)25-13-17-8-9-19(29-3)11-21(17)30-4/h5-12,25H,13H2,1-4H3. The normalized spacial score (nSPS) is 11.0. The predicted octanol–water partition coefficient (Wildman–Crippen LogP) is 4.78. The molecule has 0 saturated carbocycles. The number of hydrogen-bond donors (Lipinski definition) is 1. The van der Waals surface area contributed by atoms with Gasteiger partial charge in [0.1, 0.15) is 23.1 Å². The highest BCUT2D eigenvalue weighted by atomic mass is 19.1. The molecule has 0 unspecified atom stereocenters. The van der Waals surface area contributed by atoms with Gasteiger partial charge in [0.15, 0.2) is 5.65 Å². The largest absolute Gasteiger partial charge is 0.497 e. The summed E-state index contributed by atoms with van der Waals surface area (Å²) in [6, 6.07) is 14.0. The van der Waals surface area contributed by atoms with Crippen LogP contribution in [-0.4, -0.2) is 28.8 Å². The molecule has 154 valence electrons. The molecule has 0 amide bonds. The Bertz CT molecular complexity index is 1220. The Morgan fingerprint density at radius 2 is 1.87 bits per heavy atom. The number of aromatic nitrogens is 3. The van der Waals surface area contributed by atoms with E-state index in [0.29, 0.717) is 23.4 Å². The second kappa shape index (κ2) is 8.02. The van der Waals surface area contributed by atoms with Gasteiger partial charge >= 0.3 is 0 Å². The quantitative estimate of drug-likeness (QED) is 0.499. The molecule has 6 nitrogen and oxygen atoms in total. The van der Waals surface area contributed by atoms with Crippen LogP contribution in [0, 0.1) is 19.7 Å². The molecule has 0 radical (unpaired) electrons. The van der Waals surface area contributed by atoms with E-state index in [9.17, 15) is 4.39 Å². The van der Waals surface area contributed by atoms with Gasteiger partial charge in [0.2, 0.25) is 0 Å². The number of halogens is 1. The van der Waals surface area contributed by atoms with E-state index < -0.39 is 0 Å². The van der Waals surface area contributed by atoms with E-state index in [1.165, 1.54) is 12.1 Å². The number of benzene rings is 2. The molecule has 2 aromatic heterocycles. The lowest BCUT2D eigenvalue weighted by Gasteiger charge is -2.15. The number of anilines is 1. The maximum absolute atomic E-state index is 13.7. The van der Waals surface area contributed by atoms with Gasteiger partial charge in [0.05, 0.1) is 19.9 Å². The van der Waals surface area contributed by atoms with E-state index in [-0.39, 0.29) is 5.82 Å². The van der Waals surface area contributed by atoms with E-state index >= 15 is 0 Å². The monoisotopic (exact) mass is 406 g/mol. The fraction of sp³-hybridized carbons (Fsp3) is 0.217. The first-order valence-electron chi connectivity index (χ1n) is 9.58. The molecule has 0 fully saturated rings. The van der Waals surface area contributed by atoms with Crippen molar-refractivity contribution < 1.29 is 13.9 Å². The fourth-order valence-electron chi connectivity index (χ4n) is 3.37. The maximum Gasteiger partial charge on any atom is 0.158 e. The number of fused-ring (bicyclic) bond motifs is 1. The molecule has 4 aromatic rings. The first-order valence-corrected chi connectivity index (χ1v) is 9.58. The Hall–Kier alpha value is -3.61. The summed E-state index contributed by atoms with van der Waals surface area (Å²) in [6.45, 7) is 4.49. The van der Waals surface area contributed by atoms with Crippen molar-refractivity contribution >= 4 is 11.5 Å². The molecule has 0 aliphatic carbocycles. The highest BCUT2D eigenvalue weighted by Crippen LogP contribution is 2.28. The summed E-state index contributed by atoms with van der Waals surface area (Å²) in [5.41, 5.74) is 4.94. The van der Waals surface area contributed by atoms with Crippen molar-refractivity contribution in [3.05, 3.63) is 71.2 Å². The van der Waals surface area contributed by atoms with E-state index in [0.717, 1.165) is 34.1 Å². The average Bonchev–Trinajstić information content (AvgIpc) is 3.17. The minimum absolute atomic E-state index is 0.296. The Morgan fingerprint density at radius 3 is 2.60 bits per heavy atom. The van der Waals surface area contributed by atoms with Crippen LogP contribution in [0.4, 0.5) is 10.2 Å². The first kappa shape index (κ1) is 19.7. The van der Waals surface area contributed by atoms with Gasteiger partial charge in [-0.2, -0.15) is 9.61 Å². The summed E-state index contributed by atoms with van der Waals surface area (Å²) in [6.07, 6.45) is 0. The zero-order valence-electron chi connectivity index (χ0n) is 17.4. The zero-order chi connectivity index (χ0) is 21.3. The van der Waals surface area contributed by atoms with Crippen LogP contribution in [0.3, 0.4) is 0 Å². The van der Waals surface area contributed by atoms with Crippen molar-refractivity contribution in [3.8, 4) is 22.8 Å². The Balaban J connectivity index is 1.72. The van der Waals surface area contributed by atoms with Crippen LogP contribution >= 0.6 is 0 Å². The van der Waals surface area contributed by atoms with Gasteiger partial charge in [-0.05, 0) is 38.1 Å². The molecule has 2 aromatic carbocycles. The Morgan fingerprint density at radius 1 is 1.03 bits per heavy atom. The van der Waals surface area contributed by atoms with Gasteiger partial charge in [-0.25, -0.2) is 9.37 Å². The molecule has 0 aliphatic heterocycles. The van der Waals surface area contributed by atoms with Gasteiger partial charge in [-0.3, -0.25) is 0 Å². The Labute approximate surface area is 174 Å². The molecule has 0 saturated heterocycles. The van der Waals surface area contributed by atoms with Crippen molar-refractivity contribution in [2.45, 2.75) is 20.4 Å². The zero-order valence-corrected chi connectivity index (χ0v) is 17.4. The van der Waals surface area contributed by atoms with Crippen LogP contribution in [0.1, 0.15) is 16.8 Å². The summed E-state index contributed by atoms with van der Waals surface area (Å²) in [5, 5.41) is 8.15. The topological polar surface area (TPSA) is 60.7 Å². The first-order chi connectivity index (χ1) is 14.5. The number of hydrogen-bond acceptors (Lipinski definition) is 5. The lowest BCUT2D eigenvalue weighted by molar-refractivity contribution is 0.391. The number of nitrogens with zero attached hydrogens (tertiary/aromatic N) is 3. The fourth-order valence-corrected chi connectivity index (χ4v) is 3.37. The molecule has 30 heavy (non-hydrogen) atoms. The van der Waals surface area contributed by atoms with Gasteiger partial charge in [-0.15, -0.1) is 0 Å². The third-order valence-corrected chi connectivity index (χ3v) is 5.14. The minimum atomic E-state index is -0.296. The minimum Gasteiger partial charge on any atom is -0.497 e. The summed E-state index contributed by atoms with van der Waals surface area (Å²) in [5.74, 6) is 2.01. The smallest absolute Gasteiger partial charge is 0.158 e. The molecule has 7 heteroatoms. The van der Waals surface area contributed by atoms with E-state index in [1.807, 2.05) is 44.2 Å². The van der Waals surface area contributed by atoms with Crippen molar-refractivity contribution in [3.63, 3.8) is 0 Å². The van der Waals surface area contributed by atoms with Gasteiger partial charge in [0, 0.05) is 41.1 Å². The van der Waals surface area contributed by atoms with Crippen LogP contribution < -0.4 is 14.8 Å². The Kier molecular flexibility index (Phi) is 5.27. The van der Waals surface area contributed by atoms with Crippen LogP contribution in [0.15, 0.2) is 48.5 Å². The number of ether oxygens (including phenoxy) is 2. The van der Waals surface area contributed by atoms with Gasteiger partial charge < -0.3 is 14.8 Å². The lowest BCUT2D eigenvalue weighted by atomic mass is 10.1. The second-order valence-electron chi connectivity index (χ2n) is 7.01. The maximum atomic E-state index is 13.7.